The highest BCUT2D eigenvalue weighted by Crippen LogP contribution is 2.23. The SMILES string of the molecule is O=C(O)c1cnn(-c2cc(Cl)ccc2Cl)n1. The van der Waals surface area contributed by atoms with Crippen LogP contribution in [-0.2, 0) is 0 Å². The smallest absolute Gasteiger partial charge is 0.358 e. The van der Waals surface area contributed by atoms with Gasteiger partial charge in [-0.15, -0.1) is 9.90 Å². The van der Waals surface area contributed by atoms with E-state index in [0.29, 0.717) is 15.7 Å². The van der Waals surface area contributed by atoms with Crippen molar-refractivity contribution in [2.75, 3.05) is 0 Å². The Morgan fingerprint density at radius 3 is 2.75 bits per heavy atom. The standard InChI is InChI=1S/C9H5Cl2N3O2/c10-5-1-2-6(11)8(3-5)14-12-4-7(13-14)9(15)16/h1-4H,(H,15,16). The van der Waals surface area contributed by atoms with Crippen molar-refractivity contribution in [2.24, 2.45) is 0 Å². The number of carbonyl (C=O) groups is 1. The second kappa shape index (κ2) is 4.11. The third kappa shape index (κ3) is 2.00. The van der Waals surface area contributed by atoms with Gasteiger partial charge < -0.3 is 5.11 Å². The highest BCUT2D eigenvalue weighted by Gasteiger charge is 2.11. The van der Waals surface area contributed by atoms with E-state index < -0.39 is 5.97 Å². The highest BCUT2D eigenvalue weighted by atomic mass is 35.5. The molecule has 16 heavy (non-hydrogen) atoms. The van der Waals surface area contributed by atoms with E-state index in [1.54, 1.807) is 18.2 Å². The Morgan fingerprint density at radius 1 is 1.38 bits per heavy atom. The first-order valence-corrected chi connectivity index (χ1v) is 4.94. The quantitative estimate of drug-likeness (QED) is 0.897. The van der Waals surface area contributed by atoms with E-state index in [2.05, 4.69) is 10.2 Å². The van der Waals surface area contributed by atoms with Crippen LogP contribution in [0.3, 0.4) is 0 Å². The minimum atomic E-state index is -1.15. The number of aromatic nitrogens is 3. The first kappa shape index (κ1) is 10.9. The molecule has 7 heteroatoms. The molecule has 0 fully saturated rings. The number of hydrogen-bond acceptors (Lipinski definition) is 3. The molecule has 1 aromatic carbocycles. The lowest BCUT2D eigenvalue weighted by Crippen LogP contribution is -2.02. The average molecular weight is 258 g/mol. The number of hydrogen-bond donors (Lipinski definition) is 1. The Balaban J connectivity index is 2.50. The molecule has 5 nitrogen and oxygen atoms in total. The largest absolute Gasteiger partial charge is 0.476 e. The van der Waals surface area contributed by atoms with Crippen LogP contribution in [0.2, 0.25) is 10.0 Å². The van der Waals surface area contributed by atoms with Gasteiger partial charge in [0.05, 0.1) is 11.2 Å². The Hall–Kier alpha value is -1.59. The van der Waals surface area contributed by atoms with E-state index in [1.807, 2.05) is 0 Å². The summed E-state index contributed by atoms with van der Waals surface area (Å²) in [5.41, 5.74) is 0.276. The zero-order chi connectivity index (χ0) is 11.7. The number of nitrogens with zero attached hydrogens (tertiary/aromatic N) is 3. The van der Waals surface area contributed by atoms with Gasteiger partial charge in [0.15, 0.2) is 5.69 Å². The number of aromatic carboxylic acids is 1. The van der Waals surface area contributed by atoms with Crippen molar-refractivity contribution >= 4 is 29.2 Å². The fourth-order valence-electron chi connectivity index (χ4n) is 1.12. The van der Waals surface area contributed by atoms with E-state index in [-0.39, 0.29) is 5.69 Å². The van der Waals surface area contributed by atoms with Crippen LogP contribution < -0.4 is 0 Å². The number of benzene rings is 1. The molecule has 2 rings (SSSR count). The van der Waals surface area contributed by atoms with E-state index in [9.17, 15) is 4.79 Å². The lowest BCUT2D eigenvalue weighted by molar-refractivity contribution is 0.0690. The molecule has 0 radical (unpaired) electrons. The van der Waals surface area contributed by atoms with Crippen LogP contribution in [0.1, 0.15) is 10.5 Å². The fourth-order valence-corrected chi connectivity index (χ4v) is 1.48. The van der Waals surface area contributed by atoms with Crippen molar-refractivity contribution < 1.29 is 9.90 Å². The summed E-state index contributed by atoms with van der Waals surface area (Å²) in [6, 6.07) is 4.76. The van der Waals surface area contributed by atoms with E-state index in [1.165, 1.54) is 0 Å². The van der Waals surface area contributed by atoms with Gasteiger partial charge >= 0.3 is 5.97 Å². The van der Waals surface area contributed by atoms with Crippen LogP contribution >= 0.6 is 23.2 Å². The maximum Gasteiger partial charge on any atom is 0.358 e. The number of carboxylic acid groups (broad SMARTS) is 1. The summed E-state index contributed by atoms with van der Waals surface area (Å²) in [6.07, 6.45) is 1.14. The molecule has 0 atom stereocenters. The molecule has 0 spiro atoms. The third-order valence-electron chi connectivity index (χ3n) is 1.83. The Bertz CT molecular complexity index is 553. The monoisotopic (exact) mass is 257 g/mol. The fraction of sp³-hybridized carbons (Fsp3) is 0. The number of halogens is 2. The van der Waals surface area contributed by atoms with Gasteiger partial charge in [-0.2, -0.15) is 5.10 Å². The molecule has 0 bridgehead atoms. The maximum atomic E-state index is 10.6. The average Bonchev–Trinajstić information content (AvgIpc) is 2.70. The van der Waals surface area contributed by atoms with Gasteiger partial charge in [0, 0.05) is 5.02 Å². The van der Waals surface area contributed by atoms with Crippen molar-refractivity contribution in [3.63, 3.8) is 0 Å². The third-order valence-corrected chi connectivity index (χ3v) is 2.39. The van der Waals surface area contributed by atoms with Gasteiger partial charge in [0.25, 0.3) is 0 Å². The minimum Gasteiger partial charge on any atom is -0.476 e. The molecule has 0 saturated heterocycles. The maximum absolute atomic E-state index is 10.6. The van der Waals surface area contributed by atoms with Crippen LogP contribution in [0.4, 0.5) is 0 Å². The summed E-state index contributed by atoms with van der Waals surface area (Å²) in [7, 11) is 0. The Kier molecular flexibility index (Phi) is 2.80. The molecule has 0 aliphatic carbocycles. The van der Waals surface area contributed by atoms with Gasteiger partial charge in [-0.25, -0.2) is 4.79 Å². The summed E-state index contributed by atoms with van der Waals surface area (Å²) in [4.78, 5) is 11.7. The predicted molar refractivity (Wildman–Crippen MR) is 58.3 cm³/mol. The molecule has 1 N–H and O–H groups in total. The molecule has 0 aliphatic rings. The van der Waals surface area contributed by atoms with E-state index in [4.69, 9.17) is 28.3 Å². The van der Waals surface area contributed by atoms with Crippen LogP contribution in [0, 0.1) is 0 Å². The van der Waals surface area contributed by atoms with E-state index in [0.717, 1.165) is 11.0 Å². The van der Waals surface area contributed by atoms with Crippen LogP contribution in [0.15, 0.2) is 24.4 Å². The van der Waals surface area contributed by atoms with E-state index >= 15 is 0 Å². The summed E-state index contributed by atoms with van der Waals surface area (Å²) < 4.78 is 0. The lowest BCUT2D eigenvalue weighted by atomic mass is 10.3. The molecule has 0 amide bonds. The normalized spacial score (nSPS) is 10.4. The Morgan fingerprint density at radius 2 is 2.12 bits per heavy atom. The summed E-state index contributed by atoms with van der Waals surface area (Å²) in [6.45, 7) is 0. The van der Waals surface area contributed by atoms with Gasteiger partial charge in [-0.05, 0) is 18.2 Å². The van der Waals surface area contributed by atoms with Gasteiger partial charge in [0.1, 0.15) is 5.69 Å². The van der Waals surface area contributed by atoms with Crippen LogP contribution in [-0.4, -0.2) is 26.1 Å². The molecule has 2 aromatic rings. The second-order valence-corrected chi connectivity index (χ2v) is 3.76. The summed E-state index contributed by atoms with van der Waals surface area (Å²) in [5.74, 6) is -1.15. The molecule has 0 saturated carbocycles. The first-order chi connectivity index (χ1) is 7.58. The second-order valence-electron chi connectivity index (χ2n) is 2.92. The molecule has 82 valence electrons. The van der Waals surface area contributed by atoms with Crippen molar-refractivity contribution in [1.29, 1.82) is 0 Å². The molecular formula is C9H5Cl2N3O2. The van der Waals surface area contributed by atoms with Crippen LogP contribution in [0.25, 0.3) is 5.69 Å². The molecule has 0 unspecified atom stereocenters. The predicted octanol–water partition coefficient (Wildman–Crippen LogP) is 2.27. The number of rotatable bonds is 2. The van der Waals surface area contributed by atoms with Crippen molar-refractivity contribution in [3.05, 3.63) is 40.1 Å². The minimum absolute atomic E-state index is 0.156. The highest BCUT2D eigenvalue weighted by molar-refractivity contribution is 6.34. The van der Waals surface area contributed by atoms with Gasteiger partial charge in [-0.1, -0.05) is 23.2 Å². The van der Waals surface area contributed by atoms with Crippen molar-refractivity contribution in [3.8, 4) is 5.69 Å². The Labute approximate surface area is 100 Å². The van der Waals surface area contributed by atoms with Gasteiger partial charge in [0.2, 0.25) is 0 Å². The zero-order valence-corrected chi connectivity index (χ0v) is 9.27. The number of carboxylic acids is 1. The van der Waals surface area contributed by atoms with Crippen molar-refractivity contribution in [2.45, 2.75) is 0 Å². The van der Waals surface area contributed by atoms with Crippen molar-refractivity contribution in [1.82, 2.24) is 15.0 Å². The zero-order valence-electron chi connectivity index (χ0n) is 7.76. The van der Waals surface area contributed by atoms with Gasteiger partial charge in [-0.3, -0.25) is 0 Å². The summed E-state index contributed by atoms with van der Waals surface area (Å²) >= 11 is 11.7. The summed E-state index contributed by atoms with van der Waals surface area (Å²) in [5, 5.41) is 17.1. The topological polar surface area (TPSA) is 68.0 Å². The molecular weight excluding hydrogens is 253 g/mol. The lowest BCUT2D eigenvalue weighted by Gasteiger charge is -2.02. The first-order valence-electron chi connectivity index (χ1n) is 4.19. The molecule has 1 aromatic heterocycles. The molecule has 1 heterocycles. The molecule has 0 aliphatic heterocycles. The van der Waals surface area contributed by atoms with Crippen LogP contribution in [0.5, 0.6) is 0 Å².